The number of aryl methyl sites for hydroxylation is 2. The summed E-state index contributed by atoms with van der Waals surface area (Å²) in [5, 5.41) is 0.559. The first kappa shape index (κ1) is 16.8. The first-order valence-corrected chi connectivity index (χ1v) is 8.40. The zero-order valence-electron chi connectivity index (χ0n) is 13.7. The van der Waals surface area contributed by atoms with E-state index in [1.54, 1.807) is 30.3 Å². The van der Waals surface area contributed by atoms with Crippen molar-refractivity contribution in [2.75, 3.05) is 0 Å². The highest BCUT2D eigenvalue weighted by Crippen LogP contribution is 2.25. The Balaban J connectivity index is 1.68. The van der Waals surface area contributed by atoms with Gasteiger partial charge in [0.1, 0.15) is 10.7 Å². The average Bonchev–Trinajstić information content (AvgIpc) is 2.88. The molecule has 3 rings (SSSR count). The molecule has 0 aliphatic carbocycles. The van der Waals surface area contributed by atoms with Gasteiger partial charge >= 0.3 is 0 Å². The lowest BCUT2D eigenvalue weighted by molar-refractivity contribution is -0.121. The largest absolute Gasteiger partial charge is 0.309 e. The van der Waals surface area contributed by atoms with Gasteiger partial charge in [-0.15, -0.1) is 11.3 Å². The van der Waals surface area contributed by atoms with Crippen LogP contribution in [0.1, 0.15) is 26.6 Å². The third kappa shape index (κ3) is 3.58. The summed E-state index contributed by atoms with van der Waals surface area (Å²) < 4.78 is 0. The number of fused-ring (bicyclic) bond motifs is 1. The van der Waals surface area contributed by atoms with E-state index in [9.17, 15) is 14.4 Å². The smallest absolute Gasteiger partial charge is 0.269 e. The number of nitrogens with zero attached hydrogens (tertiary/aromatic N) is 1. The number of thiophene rings is 1. The predicted octanol–water partition coefficient (Wildman–Crippen LogP) is 1.61. The Morgan fingerprint density at radius 2 is 1.88 bits per heavy atom. The van der Waals surface area contributed by atoms with Crippen molar-refractivity contribution in [3.8, 4) is 0 Å². The molecule has 128 valence electrons. The summed E-state index contributed by atoms with van der Waals surface area (Å²) in [4.78, 5) is 44.6. The maximum Gasteiger partial charge on any atom is 0.269 e. The van der Waals surface area contributed by atoms with Gasteiger partial charge in [0.05, 0.1) is 11.8 Å². The maximum atomic E-state index is 12.2. The third-order valence-electron chi connectivity index (χ3n) is 3.77. The second-order valence-electron chi connectivity index (χ2n) is 5.52. The van der Waals surface area contributed by atoms with Crippen LogP contribution in [0.5, 0.6) is 0 Å². The molecule has 0 atom stereocenters. The molecule has 0 radical (unpaired) electrons. The Kier molecular flexibility index (Phi) is 4.62. The number of aromatic amines is 1. The van der Waals surface area contributed by atoms with E-state index in [-0.39, 0.29) is 17.8 Å². The van der Waals surface area contributed by atoms with Crippen molar-refractivity contribution < 1.29 is 9.59 Å². The van der Waals surface area contributed by atoms with Crippen LogP contribution in [0.25, 0.3) is 10.2 Å². The van der Waals surface area contributed by atoms with Gasteiger partial charge in [0.15, 0.2) is 0 Å². The highest BCUT2D eigenvalue weighted by atomic mass is 32.1. The van der Waals surface area contributed by atoms with Crippen molar-refractivity contribution in [2.24, 2.45) is 0 Å². The quantitative estimate of drug-likeness (QED) is 0.620. The van der Waals surface area contributed by atoms with E-state index in [4.69, 9.17) is 0 Å². The molecular formula is C17H16N4O3S. The molecule has 0 aliphatic rings. The summed E-state index contributed by atoms with van der Waals surface area (Å²) in [5.41, 5.74) is 5.72. The topological polar surface area (TPSA) is 104 Å². The van der Waals surface area contributed by atoms with Gasteiger partial charge in [-0.3, -0.25) is 25.2 Å². The van der Waals surface area contributed by atoms with Crippen LogP contribution in [0, 0.1) is 13.8 Å². The van der Waals surface area contributed by atoms with E-state index in [1.165, 1.54) is 11.3 Å². The minimum atomic E-state index is -0.475. The first-order valence-electron chi connectivity index (χ1n) is 7.59. The van der Waals surface area contributed by atoms with Crippen molar-refractivity contribution >= 4 is 33.4 Å². The summed E-state index contributed by atoms with van der Waals surface area (Å²) in [6.45, 7) is 3.79. The van der Waals surface area contributed by atoms with Crippen LogP contribution < -0.4 is 16.4 Å². The first-order chi connectivity index (χ1) is 12.0. The molecular weight excluding hydrogens is 340 g/mol. The molecule has 0 unspecified atom stereocenters. The van der Waals surface area contributed by atoms with Gasteiger partial charge in [-0.25, -0.2) is 4.98 Å². The fourth-order valence-electron chi connectivity index (χ4n) is 2.37. The number of carbonyl (C=O) groups excluding carboxylic acids is 2. The van der Waals surface area contributed by atoms with Gasteiger partial charge < -0.3 is 4.98 Å². The molecule has 7 nitrogen and oxygen atoms in total. The van der Waals surface area contributed by atoms with Crippen molar-refractivity contribution in [1.29, 1.82) is 0 Å². The molecule has 0 spiro atoms. The minimum absolute atomic E-state index is 0.143. The lowest BCUT2D eigenvalue weighted by atomic mass is 10.2. The Hall–Kier alpha value is -3.00. The van der Waals surface area contributed by atoms with Crippen LogP contribution in [0.15, 0.2) is 35.1 Å². The normalized spacial score (nSPS) is 10.6. The van der Waals surface area contributed by atoms with E-state index < -0.39 is 11.8 Å². The number of hydrazine groups is 1. The van der Waals surface area contributed by atoms with Gasteiger partial charge in [-0.2, -0.15) is 0 Å². The molecule has 1 aromatic carbocycles. The number of nitrogens with one attached hydrogen (secondary N) is 3. The van der Waals surface area contributed by atoms with Gasteiger partial charge in [-0.05, 0) is 31.5 Å². The zero-order chi connectivity index (χ0) is 18.0. The van der Waals surface area contributed by atoms with Crippen molar-refractivity contribution in [1.82, 2.24) is 20.8 Å². The number of hydrogen-bond acceptors (Lipinski definition) is 5. The van der Waals surface area contributed by atoms with Crippen molar-refractivity contribution in [3.63, 3.8) is 0 Å². The predicted molar refractivity (Wildman–Crippen MR) is 95.5 cm³/mol. The van der Waals surface area contributed by atoms with Gasteiger partial charge in [0.2, 0.25) is 5.91 Å². The summed E-state index contributed by atoms with van der Waals surface area (Å²) in [6.07, 6.45) is -0.143. The second-order valence-corrected chi connectivity index (χ2v) is 6.72. The van der Waals surface area contributed by atoms with E-state index in [0.29, 0.717) is 15.8 Å². The highest BCUT2D eigenvalue weighted by Gasteiger charge is 2.14. The lowest BCUT2D eigenvalue weighted by Gasteiger charge is -2.07. The highest BCUT2D eigenvalue weighted by molar-refractivity contribution is 7.18. The van der Waals surface area contributed by atoms with Crippen LogP contribution in [0.4, 0.5) is 0 Å². The van der Waals surface area contributed by atoms with Crippen molar-refractivity contribution in [2.45, 2.75) is 20.3 Å². The molecule has 0 saturated carbocycles. The second kappa shape index (κ2) is 6.86. The standard InChI is InChI=1S/C17H16N4O3S/c1-9-10(2)25-17-14(9)16(24)18-12(19-17)8-13(22)20-21-15(23)11-6-4-3-5-7-11/h3-7H,8H2,1-2H3,(H,20,22)(H,21,23)(H,18,19,24). The SMILES string of the molecule is Cc1sc2nc(CC(=O)NNC(=O)c3ccccc3)[nH]c(=O)c2c1C. The molecule has 2 aromatic heterocycles. The van der Waals surface area contributed by atoms with E-state index in [2.05, 4.69) is 20.8 Å². The number of hydrogen-bond donors (Lipinski definition) is 3. The molecule has 8 heteroatoms. The summed E-state index contributed by atoms with van der Waals surface area (Å²) in [5.74, 6) is -0.641. The van der Waals surface area contributed by atoms with Crippen LogP contribution in [-0.4, -0.2) is 21.8 Å². The van der Waals surface area contributed by atoms with Crippen molar-refractivity contribution in [3.05, 3.63) is 62.5 Å². The average molecular weight is 356 g/mol. The summed E-state index contributed by atoms with van der Waals surface area (Å²) in [7, 11) is 0. The molecule has 3 N–H and O–H groups in total. The van der Waals surface area contributed by atoms with Crippen LogP contribution in [0.2, 0.25) is 0 Å². The number of benzene rings is 1. The number of aromatic nitrogens is 2. The Morgan fingerprint density at radius 3 is 2.60 bits per heavy atom. The monoisotopic (exact) mass is 356 g/mol. The van der Waals surface area contributed by atoms with Crippen LogP contribution in [0.3, 0.4) is 0 Å². The van der Waals surface area contributed by atoms with Crippen LogP contribution in [-0.2, 0) is 11.2 Å². The fraction of sp³-hybridized carbons (Fsp3) is 0.176. The molecule has 0 bridgehead atoms. The maximum absolute atomic E-state index is 12.2. The van der Waals surface area contributed by atoms with E-state index >= 15 is 0 Å². The molecule has 2 amide bonds. The summed E-state index contributed by atoms with van der Waals surface area (Å²) >= 11 is 1.42. The van der Waals surface area contributed by atoms with E-state index in [1.807, 2.05) is 13.8 Å². The summed E-state index contributed by atoms with van der Waals surface area (Å²) in [6, 6.07) is 8.52. The molecule has 0 fully saturated rings. The number of rotatable bonds is 3. The minimum Gasteiger partial charge on any atom is -0.309 e. The Bertz CT molecular complexity index is 1010. The number of carbonyl (C=O) groups is 2. The Morgan fingerprint density at radius 1 is 1.16 bits per heavy atom. The Labute approximate surface area is 147 Å². The lowest BCUT2D eigenvalue weighted by Crippen LogP contribution is -2.42. The molecule has 0 saturated heterocycles. The van der Waals surface area contributed by atoms with E-state index in [0.717, 1.165) is 10.4 Å². The van der Waals surface area contributed by atoms with Crippen LogP contribution >= 0.6 is 11.3 Å². The zero-order valence-corrected chi connectivity index (χ0v) is 14.5. The van der Waals surface area contributed by atoms with Gasteiger partial charge in [-0.1, -0.05) is 18.2 Å². The molecule has 3 aromatic rings. The van der Waals surface area contributed by atoms with Gasteiger partial charge in [0, 0.05) is 10.4 Å². The van der Waals surface area contributed by atoms with Gasteiger partial charge in [0.25, 0.3) is 11.5 Å². The number of amides is 2. The number of H-pyrrole nitrogens is 1. The molecule has 0 aliphatic heterocycles. The third-order valence-corrected chi connectivity index (χ3v) is 4.87. The molecule has 2 heterocycles. The molecule has 25 heavy (non-hydrogen) atoms. The fourth-order valence-corrected chi connectivity index (χ4v) is 3.42.